The van der Waals surface area contributed by atoms with Crippen LogP contribution in [-0.2, 0) is 4.79 Å². The summed E-state index contributed by atoms with van der Waals surface area (Å²) in [7, 11) is 0. The van der Waals surface area contributed by atoms with Gasteiger partial charge in [0.2, 0.25) is 0 Å². The number of hydrogen-bond donors (Lipinski definition) is 2. The van der Waals surface area contributed by atoms with E-state index >= 15 is 0 Å². The van der Waals surface area contributed by atoms with Crippen LogP contribution in [-0.4, -0.2) is 28.9 Å². The molecule has 17 heavy (non-hydrogen) atoms. The standard InChI is InChI=1S/C12H16ClNO2S/c1-3-14-12(2,11(15)16)8-17-10-6-4-5-9(13)7-10/h4-7,14H,3,8H2,1-2H3,(H,15,16). The lowest BCUT2D eigenvalue weighted by molar-refractivity contribution is -0.143. The summed E-state index contributed by atoms with van der Waals surface area (Å²) >= 11 is 7.36. The topological polar surface area (TPSA) is 49.3 Å². The molecule has 2 N–H and O–H groups in total. The first kappa shape index (κ1) is 14.4. The molecule has 1 atom stereocenters. The summed E-state index contributed by atoms with van der Waals surface area (Å²) in [6.45, 7) is 4.21. The van der Waals surface area contributed by atoms with Crippen molar-refractivity contribution in [2.24, 2.45) is 0 Å². The number of carboxylic acids is 1. The smallest absolute Gasteiger partial charge is 0.324 e. The molecular formula is C12H16ClNO2S. The van der Waals surface area contributed by atoms with Gasteiger partial charge in [0.15, 0.2) is 0 Å². The van der Waals surface area contributed by atoms with E-state index in [1.54, 1.807) is 13.0 Å². The van der Waals surface area contributed by atoms with Crippen molar-refractivity contribution in [2.45, 2.75) is 24.3 Å². The Morgan fingerprint density at radius 3 is 2.82 bits per heavy atom. The van der Waals surface area contributed by atoms with Gasteiger partial charge in [0.05, 0.1) is 0 Å². The summed E-state index contributed by atoms with van der Waals surface area (Å²) in [5, 5.41) is 12.8. The van der Waals surface area contributed by atoms with E-state index < -0.39 is 11.5 Å². The number of hydrogen-bond acceptors (Lipinski definition) is 3. The number of carboxylic acid groups (broad SMARTS) is 1. The molecule has 1 aromatic rings. The van der Waals surface area contributed by atoms with E-state index in [9.17, 15) is 9.90 Å². The van der Waals surface area contributed by atoms with Crippen molar-refractivity contribution in [1.29, 1.82) is 0 Å². The Kier molecular flexibility index (Phi) is 5.31. The lowest BCUT2D eigenvalue weighted by Gasteiger charge is -2.25. The van der Waals surface area contributed by atoms with Crippen molar-refractivity contribution in [3.63, 3.8) is 0 Å². The molecule has 1 aromatic carbocycles. The van der Waals surface area contributed by atoms with Crippen LogP contribution in [0.3, 0.4) is 0 Å². The highest BCUT2D eigenvalue weighted by Crippen LogP contribution is 2.25. The fraction of sp³-hybridized carbons (Fsp3) is 0.417. The van der Waals surface area contributed by atoms with Gasteiger partial charge in [-0.2, -0.15) is 0 Å². The summed E-state index contributed by atoms with van der Waals surface area (Å²) in [5.74, 6) is -0.384. The molecular weight excluding hydrogens is 258 g/mol. The molecule has 0 aromatic heterocycles. The Balaban J connectivity index is 2.67. The molecule has 0 amide bonds. The monoisotopic (exact) mass is 273 g/mol. The summed E-state index contributed by atoms with van der Waals surface area (Å²) in [5.41, 5.74) is -0.915. The average Bonchev–Trinajstić information content (AvgIpc) is 2.27. The van der Waals surface area contributed by atoms with Crippen LogP contribution in [0.25, 0.3) is 0 Å². The second kappa shape index (κ2) is 6.28. The van der Waals surface area contributed by atoms with Crippen LogP contribution in [0, 0.1) is 0 Å². The quantitative estimate of drug-likeness (QED) is 0.783. The molecule has 1 unspecified atom stereocenters. The maximum Gasteiger partial charge on any atom is 0.324 e. The Morgan fingerprint density at radius 2 is 2.29 bits per heavy atom. The largest absolute Gasteiger partial charge is 0.480 e. The van der Waals surface area contributed by atoms with Crippen LogP contribution in [0.5, 0.6) is 0 Å². The highest BCUT2D eigenvalue weighted by Gasteiger charge is 2.31. The van der Waals surface area contributed by atoms with Gasteiger partial charge in [0, 0.05) is 15.7 Å². The average molecular weight is 274 g/mol. The third kappa shape index (κ3) is 4.22. The fourth-order valence-electron chi connectivity index (χ4n) is 1.36. The lowest BCUT2D eigenvalue weighted by Crippen LogP contribution is -2.51. The highest BCUT2D eigenvalue weighted by atomic mass is 35.5. The molecule has 0 radical (unpaired) electrons. The molecule has 0 saturated carbocycles. The minimum absolute atomic E-state index is 0.455. The van der Waals surface area contributed by atoms with Crippen molar-refractivity contribution >= 4 is 29.3 Å². The predicted molar refractivity (Wildman–Crippen MR) is 71.9 cm³/mol. The minimum Gasteiger partial charge on any atom is -0.480 e. The Hall–Kier alpha value is -0.710. The van der Waals surface area contributed by atoms with Crippen LogP contribution >= 0.6 is 23.4 Å². The summed E-state index contributed by atoms with van der Waals surface area (Å²) < 4.78 is 0. The predicted octanol–water partition coefficient (Wildman–Crippen LogP) is 2.88. The van der Waals surface area contributed by atoms with Gasteiger partial charge in [-0.3, -0.25) is 4.79 Å². The lowest BCUT2D eigenvalue weighted by atomic mass is 10.1. The Bertz CT molecular complexity index is 400. The van der Waals surface area contributed by atoms with Crippen molar-refractivity contribution in [3.8, 4) is 0 Å². The second-order valence-corrected chi connectivity index (χ2v) is 5.40. The van der Waals surface area contributed by atoms with Crippen LogP contribution in [0.4, 0.5) is 0 Å². The van der Waals surface area contributed by atoms with Crippen molar-refractivity contribution < 1.29 is 9.90 Å². The van der Waals surface area contributed by atoms with Gasteiger partial charge >= 0.3 is 5.97 Å². The van der Waals surface area contributed by atoms with E-state index in [0.717, 1.165) is 4.90 Å². The number of carbonyl (C=O) groups is 1. The normalized spacial score (nSPS) is 14.3. The number of halogens is 1. The van der Waals surface area contributed by atoms with E-state index in [4.69, 9.17) is 11.6 Å². The van der Waals surface area contributed by atoms with Gasteiger partial charge in [-0.15, -0.1) is 11.8 Å². The molecule has 0 bridgehead atoms. The second-order valence-electron chi connectivity index (χ2n) is 3.91. The number of thioether (sulfide) groups is 1. The van der Waals surface area contributed by atoms with E-state index in [0.29, 0.717) is 17.3 Å². The molecule has 0 spiro atoms. The Labute approximate surface area is 111 Å². The van der Waals surface area contributed by atoms with Gasteiger partial charge in [-0.05, 0) is 31.7 Å². The van der Waals surface area contributed by atoms with Crippen LogP contribution < -0.4 is 5.32 Å². The zero-order valence-electron chi connectivity index (χ0n) is 9.87. The van der Waals surface area contributed by atoms with Crippen molar-refractivity contribution in [1.82, 2.24) is 5.32 Å². The summed E-state index contributed by atoms with van der Waals surface area (Å²) in [4.78, 5) is 12.2. The molecule has 0 aliphatic carbocycles. The third-order valence-corrected chi connectivity index (χ3v) is 3.91. The Morgan fingerprint density at radius 1 is 1.59 bits per heavy atom. The first-order chi connectivity index (χ1) is 7.98. The van der Waals surface area contributed by atoms with Crippen molar-refractivity contribution in [3.05, 3.63) is 29.3 Å². The number of aliphatic carboxylic acids is 1. The van der Waals surface area contributed by atoms with Crippen molar-refractivity contribution in [2.75, 3.05) is 12.3 Å². The van der Waals surface area contributed by atoms with Crippen LogP contribution in [0.2, 0.25) is 5.02 Å². The molecule has 0 saturated heterocycles. The molecule has 94 valence electrons. The van der Waals surface area contributed by atoms with Gasteiger partial charge in [0.1, 0.15) is 5.54 Å². The van der Waals surface area contributed by atoms with Crippen LogP contribution in [0.1, 0.15) is 13.8 Å². The molecule has 5 heteroatoms. The zero-order valence-corrected chi connectivity index (χ0v) is 11.4. The molecule has 3 nitrogen and oxygen atoms in total. The van der Waals surface area contributed by atoms with Gasteiger partial charge in [0.25, 0.3) is 0 Å². The number of likely N-dealkylation sites (N-methyl/N-ethyl adjacent to an activating group) is 1. The first-order valence-electron chi connectivity index (χ1n) is 5.35. The minimum atomic E-state index is -0.915. The molecule has 0 aliphatic rings. The third-order valence-electron chi connectivity index (χ3n) is 2.36. The number of nitrogens with one attached hydrogen (secondary N) is 1. The van der Waals surface area contributed by atoms with Crippen LogP contribution in [0.15, 0.2) is 29.2 Å². The highest BCUT2D eigenvalue weighted by molar-refractivity contribution is 7.99. The van der Waals surface area contributed by atoms with E-state index in [1.165, 1.54) is 11.8 Å². The molecule has 0 fully saturated rings. The first-order valence-corrected chi connectivity index (χ1v) is 6.71. The van der Waals surface area contributed by atoms with Gasteiger partial charge < -0.3 is 10.4 Å². The zero-order chi connectivity index (χ0) is 12.9. The molecule has 0 heterocycles. The van der Waals surface area contributed by atoms with Gasteiger partial charge in [-0.1, -0.05) is 24.6 Å². The number of rotatable bonds is 6. The SMILES string of the molecule is CCNC(C)(CSc1cccc(Cl)c1)C(=O)O. The van der Waals surface area contributed by atoms with E-state index in [2.05, 4.69) is 5.32 Å². The summed E-state index contributed by atoms with van der Waals surface area (Å²) in [6.07, 6.45) is 0. The summed E-state index contributed by atoms with van der Waals surface area (Å²) in [6, 6.07) is 7.41. The maximum absolute atomic E-state index is 11.2. The fourth-order valence-corrected chi connectivity index (χ4v) is 2.68. The number of benzene rings is 1. The van der Waals surface area contributed by atoms with E-state index in [1.807, 2.05) is 25.1 Å². The molecule has 1 rings (SSSR count). The molecule has 0 aliphatic heterocycles. The van der Waals surface area contributed by atoms with E-state index in [-0.39, 0.29) is 0 Å². The maximum atomic E-state index is 11.2. The van der Waals surface area contributed by atoms with Gasteiger partial charge in [-0.25, -0.2) is 0 Å².